The predicted molar refractivity (Wildman–Crippen MR) is 79.1 cm³/mol. The monoisotopic (exact) mass is 274 g/mol. The Morgan fingerprint density at radius 1 is 1.15 bits per heavy atom. The van der Waals surface area contributed by atoms with E-state index in [1.165, 1.54) is 5.57 Å². The van der Waals surface area contributed by atoms with Gasteiger partial charge >= 0.3 is 0 Å². The second-order valence-corrected chi connectivity index (χ2v) is 7.93. The van der Waals surface area contributed by atoms with Crippen LogP contribution in [0.15, 0.2) is 11.6 Å². The van der Waals surface area contributed by atoms with Gasteiger partial charge in [-0.1, -0.05) is 32.4 Å². The van der Waals surface area contributed by atoms with Crippen LogP contribution in [0.3, 0.4) is 0 Å². The van der Waals surface area contributed by atoms with Crippen molar-refractivity contribution in [2.75, 3.05) is 0 Å². The van der Waals surface area contributed by atoms with E-state index in [-0.39, 0.29) is 29.1 Å². The van der Waals surface area contributed by atoms with Crippen LogP contribution < -0.4 is 0 Å². The Morgan fingerprint density at radius 2 is 1.85 bits per heavy atom. The first-order valence-electron chi connectivity index (χ1n) is 8.07. The lowest BCUT2D eigenvalue weighted by atomic mass is 9.51. The highest BCUT2D eigenvalue weighted by Gasteiger charge is 2.54. The maximum atomic E-state index is 12.7. The second kappa shape index (κ2) is 4.54. The molecule has 0 heterocycles. The molecule has 0 aliphatic heterocycles. The molecule has 3 rings (SSSR count). The average molecular weight is 274 g/mol. The lowest BCUT2D eigenvalue weighted by Gasteiger charge is -2.51. The van der Waals surface area contributed by atoms with Crippen molar-refractivity contribution in [2.45, 2.75) is 53.4 Å². The highest BCUT2D eigenvalue weighted by Crippen LogP contribution is 2.54. The van der Waals surface area contributed by atoms with Gasteiger partial charge in [0.05, 0.1) is 0 Å². The van der Waals surface area contributed by atoms with E-state index in [0.717, 1.165) is 19.3 Å². The predicted octanol–water partition coefficient (Wildman–Crippen LogP) is 3.80. The molecule has 2 nitrogen and oxygen atoms in total. The van der Waals surface area contributed by atoms with Crippen molar-refractivity contribution in [3.05, 3.63) is 11.6 Å². The molecule has 2 unspecified atom stereocenters. The first kappa shape index (κ1) is 14.0. The summed E-state index contributed by atoms with van der Waals surface area (Å²) in [5.74, 6) is 1.37. The van der Waals surface area contributed by atoms with Gasteiger partial charge in [-0.05, 0) is 43.4 Å². The molecule has 0 bridgehead atoms. The first-order valence-corrected chi connectivity index (χ1v) is 8.07. The van der Waals surface area contributed by atoms with Crippen molar-refractivity contribution in [3.8, 4) is 0 Å². The minimum Gasteiger partial charge on any atom is -0.299 e. The Balaban J connectivity index is 2.07. The van der Waals surface area contributed by atoms with E-state index in [9.17, 15) is 9.59 Å². The van der Waals surface area contributed by atoms with Gasteiger partial charge in [-0.15, -0.1) is 0 Å². The van der Waals surface area contributed by atoms with E-state index in [4.69, 9.17) is 0 Å². The zero-order valence-corrected chi connectivity index (χ0v) is 13.1. The van der Waals surface area contributed by atoms with Gasteiger partial charge in [0.2, 0.25) is 0 Å². The van der Waals surface area contributed by atoms with Crippen molar-refractivity contribution < 1.29 is 9.59 Å². The van der Waals surface area contributed by atoms with Crippen molar-refractivity contribution in [3.63, 3.8) is 0 Å². The van der Waals surface area contributed by atoms with Gasteiger partial charge < -0.3 is 0 Å². The topological polar surface area (TPSA) is 34.1 Å². The Morgan fingerprint density at radius 3 is 2.55 bits per heavy atom. The van der Waals surface area contributed by atoms with Crippen LogP contribution >= 0.6 is 0 Å². The fourth-order valence-corrected chi connectivity index (χ4v) is 4.84. The summed E-state index contributed by atoms with van der Waals surface area (Å²) in [6, 6.07) is 0. The molecular formula is C18H26O2. The second-order valence-electron chi connectivity index (χ2n) is 7.93. The van der Waals surface area contributed by atoms with Crippen molar-refractivity contribution in [1.82, 2.24) is 0 Å². The fourth-order valence-electron chi connectivity index (χ4n) is 4.84. The molecule has 2 saturated carbocycles. The number of Topliss-reactive ketones (excluding diaryl/α,β-unsaturated/α-hetero) is 2. The molecule has 110 valence electrons. The molecule has 3 aliphatic rings. The summed E-state index contributed by atoms with van der Waals surface area (Å²) < 4.78 is 0. The van der Waals surface area contributed by atoms with Crippen LogP contribution in [0.4, 0.5) is 0 Å². The van der Waals surface area contributed by atoms with Crippen LogP contribution in [0.1, 0.15) is 53.4 Å². The zero-order valence-electron chi connectivity index (χ0n) is 13.1. The van der Waals surface area contributed by atoms with Crippen LogP contribution in [-0.4, -0.2) is 11.6 Å². The molecule has 0 N–H and O–H groups in total. The number of carbonyl (C=O) groups excluding carboxylic acids is 2. The summed E-state index contributed by atoms with van der Waals surface area (Å²) in [4.78, 5) is 25.3. The van der Waals surface area contributed by atoms with E-state index < -0.39 is 0 Å². The van der Waals surface area contributed by atoms with E-state index in [2.05, 4.69) is 26.8 Å². The van der Waals surface area contributed by atoms with Gasteiger partial charge in [-0.2, -0.15) is 0 Å². The number of carbonyl (C=O) groups is 2. The Bertz CT molecular complexity index is 486. The maximum Gasteiger partial charge on any atom is 0.140 e. The number of ketones is 2. The average Bonchev–Trinajstić information content (AvgIpc) is 2.39. The number of fused-ring (bicyclic) bond motifs is 3. The summed E-state index contributed by atoms with van der Waals surface area (Å²) in [5.41, 5.74) is 1.51. The van der Waals surface area contributed by atoms with Gasteiger partial charge in [0.15, 0.2) is 0 Å². The Hall–Kier alpha value is -0.920. The van der Waals surface area contributed by atoms with Crippen LogP contribution in [0.25, 0.3) is 0 Å². The third kappa shape index (κ3) is 1.91. The molecule has 0 amide bonds. The molecule has 5 atom stereocenters. The van der Waals surface area contributed by atoms with Crippen molar-refractivity contribution in [1.29, 1.82) is 0 Å². The molecule has 0 aromatic rings. The van der Waals surface area contributed by atoms with Crippen molar-refractivity contribution >= 4 is 11.6 Å². The molecular weight excluding hydrogens is 248 g/mol. The van der Waals surface area contributed by atoms with Crippen LogP contribution in [0.5, 0.6) is 0 Å². The summed E-state index contributed by atoms with van der Waals surface area (Å²) in [7, 11) is 0. The van der Waals surface area contributed by atoms with Crippen LogP contribution in [0.2, 0.25) is 0 Å². The molecule has 3 aliphatic carbocycles. The van der Waals surface area contributed by atoms with Crippen molar-refractivity contribution in [2.24, 2.45) is 35.0 Å². The molecule has 0 saturated heterocycles. The fraction of sp³-hybridized carbons (Fsp3) is 0.778. The lowest BCUT2D eigenvalue weighted by molar-refractivity contribution is -0.146. The van der Waals surface area contributed by atoms with E-state index >= 15 is 0 Å². The zero-order chi connectivity index (χ0) is 14.7. The third-order valence-electron chi connectivity index (χ3n) is 6.25. The van der Waals surface area contributed by atoms with Gasteiger partial charge in [0.1, 0.15) is 11.6 Å². The van der Waals surface area contributed by atoms with E-state index in [0.29, 0.717) is 23.9 Å². The van der Waals surface area contributed by atoms with E-state index in [1.807, 2.05) is 6.92 Å². The summed E-state index contributed by atoms with van der Waals surface area (Å²) in [6.45, 7) is 8.74. The molecule has 0 spiro atoms. The van der Waals surface area contributed by atoms with Gasteiger partial charge in [-0.3, -0.25) is 9.59 Å². The summed E-state index contributed by atoms with van der Waals surface area (Å²) >= 11 is 0. The Kier molecular flexibility index (Phi) is 3.19. The number of hydrogen-bond donors (Lipinski definition) is 0. The molecule has 0 aromatic heterocycles. The lowest BCUT2D eigenvalue weighted by Crippen LogP contribution is -2.52. The summed E-state index contributed by atoms with van der Waals surface area (Å²) in [6.07, 6.45) is 6.02. The quantitative estimate of drug-likeness (QED) is 0.630. The largest absolute Gasteiger partial charge is 0.299 e. The minimum absolute atomic E-state index is 0.0270. The standard InChI is InChI=1S/C18H26O2/c1-10-5-6-12-11(2)9-13-16(15(12)17(10)20)14(19)7-8-18(13,3)4/h9-10,12-13,15-16H,5-8H2,1-4H3/t10-,12+,13?,15?,16+/m0/s1. The number of allylic oxidation sites excluding steroid dienone is 2. The highest BCUT2D eigenvalue weighted by molar-refractivity contribution is 5.93. The summed E-state index contributed by atoms with van der Waals surface area (Å²) in [5, 5.41) is 0. The smallest absolute Gasteiger partial charge is 0.140 e. The molecule has 0 aromatic carbocycles. The van der Waals surface area contributed by atoms with Gasteiger partial charge in [0, 0.05) is 24.2 Å². The molecule has 2 heteroatoms. The molecule has 2 fully saturated rings. The number of hydrogen-bond acceptors (Lipinski definition) is 2. The number of rotatable bonds is 0. The Labute approximate surface area is 122 Å². The van der Waals surface area contributed by atoms with Crippen LogP contribution in [0, 0.1) is 35.0 Å². The molecule has 20 heavy (non-hydrogen) atoms. The minimum atomic E-state index is -0.0392. The van der Waals surface area contributed by atoms with E-state index in [1.54, 1.807) is 0 Å². The normalized spacial score (nSPS) is 43.6. The maximum absolute atomic E-state index is 12.7. The van der Waals surface area contributed by atoms with Gasteiger partial charge in [-0.25, -0.2) is 0 Å². The van der Waals surface area contributed by atoms with Gasteiger partial charge in [0.25, 0.3) is 0 Å². The first-order chi connectivity index (χ1) is 9.33. The molecule has 0 radical (unpaired) electrons. The highest BCUT2D eigenvalue weighted by atomic mass is 16.1. The van der Waals surface area contributed by atoms with Crippen LogP contribution in [-0.2, 0) is 9.59 Å². The SMILES string of the molecule is CC1=CC2[C@H](C(=O)CCC2(C)C)C2C(=O)[C@@H](C)CC[C@H]12. The third-order valence-corrected chi connectivity index (χ3v) is 6.25.